The molecule has 1 aliphatic rings. The van der Waals surface area contributed by atoms with Crippen LogP contribution in [0.25, 0.3) is 0 Å². The average Bonchev–Trinajstić information content (AvgIpc) is 2.44. The van der Waals surface area contributed by atoms with Crippen LogP contribution in [0.3, 0.4) is 0 Å². The molecule has 1 saturated carbocycles. The van der Waals surface area contributed by atoms with E-state index in [2.05, 4.69) is 59.4 Å². The van der Waals surface area contributed by atoms with Crippen molar-refractivity contribution < 1.29 is 0 Å². The Balaban J connectivity index is 1.99. The normalized spacial score (nSPS) is 24.6. The molecule has 2 heteroatoms. The lowest BCUT2D eigenvalue weighted by atomic mass is 9.77. The maximum Gasteiger partial charge on any atom is 0.0178 e. The number of hydrogen-bond donors (Lipinski definition) is 1. The van der Waals surface area contributed by atoms with Gasteiger partial charge in [-0.05, 0) is 61.8 Å². The van der Waals surface area contributed by atoms with E-state index in [0.29, 0.717) is 6.04 Å². The summed E-state index contributed by atoms with van der Waals surface area (Å²) >= 11 is 3.59. The smallest absolute Gasteiger partial charge is 0.0178 e. The lowest BCUT2D eigenvalue weighted by molar-refractivity contribution is 0.229. The molecule has 0 amide bonds. The van der Waals surface area contributed by atoms with Crippen molar-refractivity contribution in [1.29, 1.82) is 0 Å². The first-order chi connectivity index (χ1) is 9.69. The van der Waals surface area contributed by atoms with Crippen LogP contribution in [-0.4, -0.2) is 12.6 Å². The first kappa shape index (κ1) is 16.0. The number of nitrogens with one attached hydrogen (secondary N) is 1. The van der Waals surface area contributed by atoms with Gasteiger partial charge in [0.25, 0.3) is 0 Å². The Kier molecular flexibility index (Phi) is 6.57. The van der Waals surface area contributed by atoms with Gasteiger partial charge in [-0.3, -0.25) is 0 Å². The van der Waals surface area contributed by atoms with Crippen LogP contribution in [0.1, 0.15) is 51.5 Å². The summed E-state index contributed by atoms with van der Waals surface area (Å²) in [6.45, 7) is 5.80. The first-order valence-corrected chi connectivity index (χ1v) is 8.96. The Bertz CT molecular complexity index is 396. The summed E-state index contributed by atoms with van der Waals surface area (Å²) in [6, 6.07) is 9.44. The summed E-state index contributed by atoms with van der Waals surface area (Å²) in [7, 11) is 0. The van der Waals surface area contributed by atoms with E-state index in [0.717, 1.165) is 18.4 Å². The number of benzene rings is 1. The Hall–Kier alpha value is -0.340. The molecule has 1 aliphatic carbocycles. The molecule has 1 nitrogen and oxygen atoms in total. The fourth-order valence-electron chi connectivity index (χ4n) is 3.34. The third-order valence-corrected chi connectivity index (χ3v) is 5.12. The van der Waals surface area contributed by atoms with Crippen LogP contribution in [0.5, 0.6) is 0 Å². The molecule has 1 aromatic rings. The van der Waals surface area contributed by atoms with Crippen LogP contribution in [0, 0.1) is 11.8 Å². The Morgan fingerprint density at radius 1 is 1.25 bits per heavy atom. The molecule has 2 rings (SSSR count). The molecule has 1 aromatic carbocycles. The van der Waals surface area contributed by atoms with E-state index in [4.69, 9.17) is 0 Å². The van der Waals surface area contributed by atoms with Gasteiger partial charge in [-0.1, -0.05) is 54.8 Å². The molecule has 1 unspecified atom stereocenters. The highest BCUT2D eigenvalue weighted by Gasteiger charge is 2.25. The van der Waals surface area contributed by atoms with Gasteiger partial charge in [-0.25, -0.2) is 0 Å². The van der Waals surface area contributed by atoms with Gasteiger partial charge in [0.15, 0.2) is 0 Å². The minimum atomic E-state index is 0.650. The van der Waals surface area contributed by atoms with Gasteiger partial charge in [0.2, 0.25) is 0 Å². The van der Waals surface area contributed by atoms with Crippen LogP contribution in [0.2, 0.25) is 0 Å². The van der Waals surface area contributed by atoms with Gasteiger partial charge >= 0.3 is 0 Å². The Labute approximate surface area is 132 Å². The fraction of sp³-hybridized carbons (Fsp3) is 0.667. The summed E-state index contributed by atoms with van der Waals surface area (Å²) < 4.78 is 1.20. The minimum absolute atomic E-state index is 0.650. The van der Waals surface area contributed by atoms with E-state index >= 15 is 0 Å². The highest BCUT2D eigenvalue weighted by Crippen LogP contribution is 2.31. The van der Waals surface area contributed by atoms with E-state index in [9.17, 15) is 0 Å². The number of rotatable bonds is 6. The highest BCUT2D eigenvalue weighted by molar-refractivity contribution is 9.10. The fourth-order valence-corrected chi connectivity index (χ4v) is 3.79. The largest absolute Gasteiger partial charge is 0.313 e. The second-order valence-electron chi connectivity index (χ2n) is 6.41. The van der Waals surface area contributed by atoms with Gasteiger partial charge in [-0.15, -0.1) is 0 Å². The quantitative estimate of drug-likeness (QED) is 0.753. The molecular weight excluding hydrogens is 310 g/mol. The van der Waals surface area contributed by atoms with E-state index < -0.39 is 0 Å². The minimum Gasteiger partial charge on any atom is -0.313 e. The molecule has 112 valence electrons. The molecule has 0 aliphatic heterocycles. The Morgan fingerprint density at radius 2 is 2.00 bits per heavy atom. The lowest BCUT2D eigenvalue weighted by Crippen LogP contribution is -2.40. The van der Waals surface area contributed by atoms with E-state index in [-0.39, 0.29) is 0 Å². The molecule has 0 heterocycles. The third kappa shape index (κ3) is 4.89. The van der Waals surface area contributed by atoms with Crippen molar-refractivity contribution in [2.75, 3.05) is 6.54 Å². The summed E-state index contributed by atoms with van der Waals surface area (Å²) in [4.78, 5) is 0. The van der Waals surface area contributed by atoms with Crippen LogP contribution in [-0.2, 0) is 6.42 Å². The van der Waals surface area contributed by atoms with E-state index in [1.54, 1.807) is 0 Å². The molecule has 0 radical (unpaired) electrons. The van der Waals surface area contributed by atoms with Crippen molar-refractivity contribution in [1.82, 2.24) is 5.32 Å². The summed E-state index contributed by atoms with van der Waals surface area (Å²) in [5.41, 5.74) is 1.45. The maximum atomic E-state index is 3.81. The van der Waals surface area contributed by atoms with Crippen LogP contribution >= 0.6 is 15.9 Å². The van der Waals surface area contributed by atoms with Crippen LogP contribution < -0.4 is 5.32 Å². The molecule has 0 saturated heterocycles. The topological polar surface area (TPSA) is 12.0 Å². The molecule has 1 fully saturated rings. The summed E-state index contributed by atoms with van der Waals surface area (Å²) in [6.07, 6.45) is 8.00. The zero-order chi connectivity index (χ0) is 14.4. The summed E-state index contributed by atoms with van der Waals surface area (Å²) in [5, 5.41) is 3.81. The molecular formula is C18H28BrN. The molecule has 0 spiro atoms. The second kappa shape index (κ2) is 8.19. The van der Waals surface area contributed by atoms with Crippen molar-refractivity contribution in [2.45, 2.75) is 58.4 Å². The van der Waals surface area contributed by atoms with E-state index in [1.165, 1.54) is 48.6 Å². The van der Waals surface area contributed by atoms with Gasteiger partial charge in [0.1, 0.15) is 0 Å². The predicted molar refractivity (Wildman–Crippen MR) is 91.0 cm³/mol. The van der Waals surface area contributed by atoms with Crippen molar-refractivity contribution in [3.8, 4) is 0 Å². The molecule has 1 atom stereocenters. The van der Waals surface area contributed by atoms with Gasteiger partial charge in [0, 0.05) is 10.5 Å². The monoisotopic (exact) mass is 337 g/mol. The number of halogens is 1. The zero-order valence-electron chi connectivity index (χ0n) is 12.9. The Morgan fingerprint density at radius 3 is 2.65 bits per heavy atom. The molecule has 1 N–H and O–H groups in total. The first-order valence-electron chi connectivity index (χ1n) is 8.17. The molecule has 0 aromatic heterocycles. The van der Waals surface area contributed by atoms with Crippen molar-refractivity contribution in [3.05, 3.63) is 34.3 Å². The van der Waals surface area contributed by atoms with Crippen molar-refractivity contribution in [3.63, 3.8) is 0 Å². The number of hydrogen-bond acceptors (Lipinski definition) is 1. The summed E-state index contributed by atoms with van der Waals surface area (Å²) in [5.74, 6) is 1.79. The van der Waals surface area contributed by atoms with Crippen LogP contribution in [0.15, 0.2) is 28.7 Å². The lowest BCUT2D eigenvalue weighted by Gasteiger charge is -2.33. The van der Waals surface area contributed by atoms with E-state index in [1.807, 2.05) is 0 Å². The molecule has 0 bridgehead atoms. The highest BCUT2D eigenvalue weighted by atomic mass is 79.9. The standard InChI is InChI=1S/C18H28BrN/c1-3-11-20-18(16-9-7-14(2)8-10-16)13-15-5-4-6-17(19)12-15/h4-6,12,14,16,18,20H,3,7-11,13H2,1-2H3. The van der Waals surface area contributed by atoms with Gasteiger partial charge in [0.05, 0.1) is 0 Å². The average molecular weight is 338 g/mol. The van der Waals surface area contributed by atoms with Gasteiger partial charge in [-0.2, -0.15) is 0 Å². The van der Waals surface area contributed by atoms with Gasteiger partial charge < -0.3 is 5.32 Å². The third-order valence-electron chi connectivity index (χ3n) is 4.63. The zero-order valence-corrected chi connectivity index (χ0v) is 14.5. The predicted octanol–water partition coefficient (Wildman–Crippen LogP) is 5.19. The maximum absolute atomic E-state index is 3.81. The van der Waals surface area contributed by atoms with Crippen molar-refractivity contribution >= 4 is 15.9 Å². The van der Waals surface area contributed by atoms with Crippen LogP contribution in [0.4, 0.5) is 0 Å². The second-order valence-corrected chi connectivity index (χ2v) is 7.33. The molecule has 20 heavy (non-hydrogen) atoms. The van der Waals surface area contributed by atoms with Crippen molar-refractivity contribution in [2.24, 2.45) is 11.8 Å². The SMILES string of the molecule is CCCNC(Cc1cccc(Br)c1)C1CCC(C)CC1.